The number of thioether (sulfide) groups is 1. The second kappa shape index (κ2) is 24.3. The molecule has 0 aliphatic carbocycles. The molecule has 71 heavy (non-hydrogen) atoms. The average Bonchev–Trinajstić information content (AvgIpc) is 3.85. The van der Waals surface area contributed by atoms with Gasteiger partial charge in [-0.2, -0.15) is 20.2 Å². The number of nitrogens with two attached hydrogens (primary N) is 1. The molecule has 2 aromatic rings. The SMILES string of the molecule is C=C1C[C@@H]2C(OS(=O)O)Nc3cc(OCCP(=O)(CCOc4cc5c(cc4OC)C(=O)N4CC(=C)C[C@H]4C(OS(=O)O)N5)CN(C)C(=O)CCCSCCS(=O)(=O)CCC(N)=O)c(OC)cc3C(=O)N2C1. The van der Waals surface area contributed by atoms with E-state index < -0.39 is 82.0 Å². The quantitative estimate of drug-likeness (QED) is 0.0391. The van der Waals surface area contributed by atoms with Crippen molar-refractivity contribution in [3.8, 4) is 23.0 Å². The van der Waals surface area contributed by atoms with Crippen LogP contribution in [0.15, 0.2) is 48.6 Å². The second-order valence-corrected chi connectivity index (χ2v) is 25.4. The summed E-state index contributed by atoms with van der Waals surface area (Å²) in [6.45, 7) is 8.02. The molecular weight excluding hydrogens is 1030 g/mol. The van der Waals surface area contributed by atoms with E-state index in [1.807, 2.05) is 0 Å². The Labute approximate surface area is 421 Å². The van der Waals surface area contributed by atoms with E-state index >= 15 is 4.57 Å². The summed E-state index contributed by atoms with van der Waals surface area (Å²) in [4.78, 5) is 56.4. The van der Waals surface area contributed by atoms with Crippen LogP contribution in [0.2, 0.25) is 0 Å². The number of sulfone groups is 1. The molecule has 6 N–H and O–H groups in total. The van der Waals surface area contributed by atoms with Crippen molar-refractivity contribution in [3.05, 3.63) is 59.7 Å². The van der Waals surface area contributed by atoms with E-state index in [1.165, 1.54) is 72.0 Å². The molecule has 28 heteroatoms. The summed E-state index contributed by atoms with van der Waals surface area (Å²) in [6, 6.07) is 4.61. The minimum absolute atomic E-state index is 0.0724. The van der Waals surface area contributed by atoms with Gasteiger partial charge in [-0.05, 0) is 37.1 Å². The molecule has 2 fully saturated rings. The van der Waals surface area contributed by atoms with Crippen molar-refractivity contribution in [3.63, 3.8) is 0 Å². The second-order valence-electron chi connectivity index (χ2n) is 17.3. The molecular formula is C43H59N6O17PS4. The van der Waals surface area contributed by atoms with Gasteiger partial charge in [-0.1, -0.05) is 24.3 Å². The molecule has 0 bridgehead atoms. The molecule has 6 rings (SSSR count). The summed E-state index contributed by atoms with van der Waals surface area (Å²) >= 11 is -4.04. The first-order valence-corrected chi connectivity index (χ1v) is 29.5. The van der Waals surface area contributed by atoms with Crippen LogP contribution in [0.25, 0.3) is 0 Å². The van der Waals surface area contributed by atoms with E-state index in [2.05, 4.69) is 23.8 Å². The summed E-state index contributed by atoms with van der Waals surface area (Å²) in [5.74, 6) is -0.945. The number of carbonyl (C=O) groups excluding carboxylic acids is 4. The number of methoxy groups -OCH3 is 2. The molecule has 4 aliphatic heterocycles. The first-order valence-electron chi connectivity index (χ1n) is 22.2. The molecule has 5 unspecified atom stereocenters. The van der Waals surface area contributed by atoms with Crippen LogP contribution in [-0.4, -0.2) is 178 Å². The molecule has 0 spiro atoms. The number of hydrogen-bond donors (Lipinski definition) is 5. The molecule has 0 radical (unpaired) electrons. The van der Waals surface area contributed by atoms with Gasteiger partial charge >= 0.3 is 22.7 Å². The van der Waals surface area contributed by atoms with Gasteiger partial charge in [0, 0.05) is 63.2 Å². The monoisotopic (exact) mass is 1090 g/mol. The zero-order valence-corrected chi connectivity index (χ0v) is 43.5. The van der Waals surface area contributed by atoms with E-state index in [0.717, 1.165) is 11.1 Å². The largest absolute Gasteiger partial charge is 0.493 e. The molecule has 392 valence electrons. The molecule has 4 heterocycles. The predicted octanol–water partition coefficient (Wildman–Crippen LogP) is 3.10. The highest BCUT2D eigenvalue weighted by Gasteiger charge is 2.44. The molecule has 23 nitrogen and oxygen atoms in total. The minimum atomic E-state index is -3.47. The normalized spacial score (nSPS) is 21.3. The summed E-state index contributed by atoms with van der Waals surface area (Å²) in [5, 5.41) is 6.10. The number of nitrogens with one attached hydrogen (secondary N) is 2. The van der Waals surface area contributed by atoms with Crippen LogP contribution in [0.1, 0.15) is 52.8 Å². The van der Waals surface area contributed by atoms with E-state index in [0.29, 0.717) is 25.0 Å². The van der Waals surface area contributed by atoms with Crippen LogP contribution in [0.4, 0.5) is 11.4 Å². The first-order chi connectivity index (χ1) is 33.6. The number of nitrogens with zero attached hydrogens (tertiary/aromatic N) is 3. The fourth-order valence-corrected chi connectivity index (χ4v) is 14.3. The first kappa shape index (κ1) is 55.6. The van der Waals surface area contributed by atoms with Crippen molar-refractivity contribution in [2.75, 3.05) is 99.8 Å². The van der Waals surface area contributed by atoms with E-state index in [4.69, 9.17) is 33.0 Å². The average molecular weight is 1090 g/mol. The fourth-order valence-electron chi connectivity index (χ4n) is 8.59. The zero-order chi connectivity index (χ0) is 51.8. The third-order valence-electron chi connectivity index (χ3n) is 12.1. The zero-order valence-electron chi connectivity index (χ0n) is 39.4. The standard InChI is InChI=1S/C43H59N6O17PS4/c1-26-17-32-40(65-69(55)56)45-30-21-36(34(61-4)19-28(30)42(52)48(32)23-26)63-9-11-67(54,25-47(3)39(51)7-6-13-68-14-16-71(59,60)15-8-38(44)50)12-10-64-37-22-31-29(20-35(37)62-5)43(53)49-24-27(2)18-33(49)41(46-31)66-70(57)58/h19-22,32-33,40-41,45-46H,1-2,6-18,23-25H2,3-5H3,(H2,44,50)(H,55,56)(H,57,58)/t32-,33+,40?,41?,67?. The van der Waals surface area contributed by atoms with Crippen molar-refractivity contribution >= 4 is 86.5 Å². The van der Waals surface area contributed by atoms with Gasteiger partial charge in [-0.15, -0.1) is 0 Å². The van der Waals surface area contributed by atoms with Crippen molar-refractivity contribution in [1.82, 2.24) is 14.7 Å². The van der Waals surface area contributed by atoms with Crippen LogP contribution in [0.5, 0.6) is 23.0 Å². The van der Waals surface area contributed by atoms with E-state index in [9.17, 15) is 45.1 Å². The van der Waals surface area contributed by atoms with Gasteiger partial charge in [0.25, 0.3) is 11.8 Å². The highest BCUT2D eigenvalue weighted by Crippen LogP contribution is 2.47. The van der Waals surface area contributed by atoms with E-state index in [-0.39, 0.29) is 126 Å². The van der Waals surface area contributed by atoms with Crippen LogP contribution in [0.3, 0.4) is 0 Å². The maximum absolute atomic E-state index is 15.0. The van der Waals surface area contributed by atoms with Crippen LogP contribution in [-0.2, 0) is 55.1 Å². The molecule has 4 aliphatic rings. The van der Waals surface area contributed by atoms with Gasteiger partial charge in [0.05, 0.1) is 79.8 Å². The Morgan fingerprint density at radius 1 is 0.817 bits per heavy atom. The lowest BCUT2D eigenvalue weighted by atomic mass is 10.1. The maximum Gasteiger partial charge on any atom is 0.304 e. The van der Waals surface area contributed by atoms with Gasteiger partial charge in [0.2, 0.25) is 11.8 Å². The fraction of sp³-hybridized carbons (Fsp3) is 0.535. The predicted molar refractivity (Wildman–Crippen MR) is 267 cm³/mol. The molecule has 2 aromatic carbocycles. The van der Waals surface area contributed by atoms with Gasteiger partial charge in [-0.3, -0.25) is 28.3 Å². The van der Waals surface area contributed by atoms with Crippen LogP contribution >= 0.6 is 18.9 Å². The maximum atomic E-state index is 15.0. The van der Waals surface area contributed by atoms with Gasteiger partial charge in [0.1, 0.15) is 7.14 Å². The summed E-state index contributed by atoms with van der Waals surface area (Å²) in [6.07, 6.45) is -1.71. The van der Waals surface area contributed by atoms with Crippen molar-refractivity contribution in [2.24, 2.45) is 5.73 Å². The summed E-state index contributed by atoms with van der Waals surface area (Å²) in [7, 11) is -2.65. The Bertz CT molecular complexity index is 2470. The Balaban J connectivity index is 1.18. The molecule has 7 atom stereocenters. The lowest BCUT2D eigenvalue weighted by molar-refractivity contribution is -0.129. The van der Waals surface area contributed by atoms with E-state index in [1.54, 1.807) is 0 Å². The van der Waals surface area contributed by atoms with Crippen LogP contribution < -0.4 is 35.3 Å². The van der Waals surface area contributed by atoms with Crippen molar-refractivity contribution in [2.45, 2.75) is 56.6 Å². The molecule has 2 saturated heterocycles. The number of ether oxygens (including phenoxy) is 4. The number of primary amides is 1. The van der Waals surface area contributed by atoms with Gasteiger partial charge in [0.15, 0.2) is 45.3 Å². The highest BCUT2D eigenvalue weighted by molar-refractivity contribution is 8.00. The lowest BCUT2D eigenvalue weighted by Crippen LogP contribution is -2.45. The minimum Gasteiger partial charge on any atom is -0.493 e. The number of hydrogen-bond acceptors (Lipinski definition) is 18. The van der Waals surface area contributed by atoms with Crippen molar-refractivity contribution in [1.29, 1.82) is 0 Å². The smallest absolute Gasteiger partial charge is 0.304 e. The molecule has 4 amide bonds. The Morgan fingerprint density at radius 2 is 1.30 bits per heavy atom. The Morgan fingerprint density at radius 3 is 1.73 bits per heavy atom. The third-order valence-corrected chi connectivity index (χ3v) is 18.8. The molecule has 0 aromatic heterocycles. The Hall–Kier alpha value is -4.73. The number of anilines is 2. The summed E-state index contributed by atoms with van der Waals surface area (Å²) < 4.78 is 117. The number of rotatable bonds is 26. The number of carbonyl (C=O) groups is 4. The lowest BCUT2D eigenvalue weighted by Gasteiger charge is -2.27. The van der Waals surface area contributed by atoms with Crippen LogP contribution in [0, 0.1) is 0 Å². The third kappa shape index (κ3) is 14.5. The Kier molecular flexibility index (Phi) is 19.0. The number of amides is 4. The van der Waals surface area contributed by atoms with Gasteiger partial charge in [-0.25, -0.2) is 16.8 Å². The van der Waals surface area contributed by atoms with Gasteiger partial charge < -0.3 is 54.6 Å². The highest BCUT2D eigenvalue weighted by atomic mass is 32.2. The number of benzene rings is 2. The van der Waals surface area contributed by atoms with Crippen molar-refractivity contribution < 1.29 is 77.0 Å². The summed E-state index contributed by atoms with van der Waals surface area (Å²) in [5.41, 5.74) is 7.36. The molecule has 0 saturated carbocycles. The number of fused-ring (bicyclic) bond motifs is 4. The topological polar surface area (TPSA) is 309 Å².